The van der Waals surface area contributed by atoms with Crippen LogP contribution in [0.4, 0.5) is 0 Å². The van der Waals surface area contributed by atoms with Gasteiger partial charge in [-0.3, -0.25) is 0 Å². The van der Waals surface area contributed by atoms with E-state index in [1.807, 2.05) is 67.6 Å². The molecule has 0 saturated carbocycles. The van der Waals surface area contributed by atoms with Crippen molar-refractivity contribution in [1.29, 1.82) is 0 Å². The molecule has 0 radical (unpaired) electrons. The number of aromatic nitrogens is 7. The van der Waals surface area contributed by atoms with Crippen LogP contribution in [0.5, 0.6) is 0 Å². The Labute approximate surface area is 445 Å². The summed E-state index contributed by atoms with van der Waals surface area (Å²) >= 11 is 0. The zero-order chi connectivity index (χ0) is 49.8. The second kappa shape index (κ2) is 19.3. The summed E-state index contributed by atoms with van der Waals surface area (Å²) in [6.45, 7) is 13.0. The average Bonchev–Trinajstić information content (AvgIpc) is 3.94. The molecule has 0 bridgehead atoms. The van der Waals surface area contributed by atoms with Gasteiger partial charge in [-0.1, -0.05) is 151 Å². The van der Waals surface area contributed by atoms with Crippen molar-refractivity contribution in [3.8, 4) is 89.3 Å². The van der Waals surface area contributed by atoms with Gasteiger partial charge in [-0.05, 0) is 130 Å². The van der Waals surface area contributed by atoms with Gasteiger partial charge in [0.25, 0.3) is 0 Å². The Morgan fingerprint density at radius 2 is 0.878 bits per heavy atom. The summed E-state index contributed by atoms with van der Waals surface area (Å²) in [5.41, 5.74) is 20.7. The molecular weight excluding hydrogens is 1080 g/mol. The predicted octanol–water partition coefficient (Wildman–Crippen LogP) is 15.9. The van der Waals surface area contributed by atoms with E-state index in [2.05, 4.69) is 192 Å². The van der Waals surface area contributed by atoms with Gasteiger partial charge in [-0.25, -0.2) is 4.98 Å². The van der Waals surface area contributed by atoms with Crippen LogP contribution in [0.2, 0.25) is 0 Å². The van der Waals surface area contributed by atoms with Crippen LogP contribution >= 0.6 is 0 Å². The van der Waals surface area contributed by atoms with Crippen molar-refractivity contribution in [2.45, 2.75) is 52.4 Å². The molecule has 74 heavy (non-hydrogen) atoms. The Morgan fingerprint density at radius 1 is 0.419 bits per heavy atom. The van der Waals surface area contributed by atoms with Crippen molar-refractivity contribution in [2.75, 3.05) is 0 Å². The summed E-state index contributed by atoms with van der Waals surface area (Å²) < 4.78 is 2.13. The van der Waals surface area contributed by atoms with Crippen LogP contribution < -0.4 is 0 Å². The zero-order valence-corrected chi connectivity index (χ0v) is 44.3. The van der Waals surface area contributed by atoms with E-state index in [1.165, 1.54) is 0 Å². The summed E-state index contributed by atoms with van der Waals surface area (Å²) in [6, 6.07) is 63.7. The quantitative estimate of drug-likeness (QED) is 0.111. The third-order valence-corrected chi connectivity index (χ3v) is 13.7. The summed E-state index contributed by atoms with van der Waals surface area (Å²) in [4.78, 5) is 29.4. The van der Waals surface area contributed by atoms with Crippen molar-refractivity contribution in [2.24, 2.45) is 0 Å². The first-order valence-electron chi connectivity index (χ1n) is 24.6. The molecule has 7 nitrogen and oxygen atoms in total. The molecule has 0 spiro atoms. The van der Waals surface area contributed by atoms with Gasteiger partial charge in [-0.15, -0.1) is 65.0 Å². The van der Waals surface area contributed by atoms with Gasteiger partial charge in [0.1, 0.15) is 5.65 Å². The van der Waals surface area contributed by atoms with E-state index in [0.717, 1.165) is 128 Å². The van der Waals surface area contributed by atoms with Gasteiger partial charge in [0, 0.05) is 41.9 Å². The largest absolute Gasteiger partial charge is 3.00 e. The fourth-order valence-corrected chi connectivity index (χ4v) is 9.79. The molecule has 8 heteroatoms. The maximum absolute atomic E-state index is 5.14. The van der Waals surface area contributed by atoms with Crippen LogP contribution in [0.3, 0.4) is 0 Å². The second-order valence-electron chi connectivity index (χ2n) is 20.7. The smallest absolute Gasteiger partial charge is 0.356 e. The third-order valence-electron chi connectivity index (χ3n) is 13.7. The number of benzene rings is 5. The van der Waals surface area contributed by atoms with Gasteiger partial charge in [0.15, 0.2) is 0 Å². The van der Waals surface area contributed by atoms with Gasteiger partial charge in [0.05, 0.1) is 0 Å². The molecule has 7 heterocycles. The molecule has 0 aliphatic rings. The number of fused-ring (bicyclic) bond motifs is 6. The molecule has 0 fully saturated rings. The minimum Gasteiger partial charge on any atom is -0.356 e. The van der Waals surface area contributed by atoms with Crippen LogP contribution in [0.1, 0.15) is 52.9 Å². The number of rotatable bonds is 8. The molecule has 0 aliphatic carbocycles. The molecule has 0 unspecified atom stereocenters. The summed E-state index contributed by atoms with van der Waals surface area (Å²) in [6.07, 6.45) is 13.5. The van der Waals surface area contributed by atoms with Crippen LogP contribution in [-0.2, 0) is 30.9 Å². The number of hydrogen-bond donors (Lipinski definition) is 0. The van der Waals surface area contributed by atoms with E-state index in [1.54, 1.807) is 0 Å². The average molecular weight is 1130 g/mol. The molecule has 0 atom stereocenters. The Hall–Kier alpha value is -8.29. The third kappa shape index (κ3) is 9.01. The standard InChI is InChI=1S/C66H50N7.Ir/c1-65(2,3)61-29-25-44(39-70-61)58-27-23-42(37-68-58)50-15-7-9-17-52(50)46-33-47(53-18-10-8-16-51(53)43-24-28-59(69-38-43)45-26-30-62(71-40-45)66(4,5)6)35-48(34-46)54-19-11-12-20-55(54)49-36-57-63(72-41-49)56-21-13-14-22-60(56)73-32-31-67-64(57)73;/h7-20,22-24,27-41H,1-6H3;/q-3;+3. The Bertz CT molecular complexity index is 3850. The van der Waals surface area contributed by atoms with Crippen molar-refractivity contribution in [3.63, 3.8) is 0 Å². The number of pyridine rings is 6. The maximum Gasteiger partial charge on any atom is 3.00 e. The van der Waals surface area contributed by atoms with Crippen molar-refractivity contribution >= 4 is 27.5 Å². The summed E-state index contributed by atoms with van der Waals surface area (Å²) in [5.74, 6) is 0. The first kappa shape index (κ1) is 48.0. The normalized spacial score (nSPS) is 11.8. The monoisotopic (exact) mass is 1130 g/mol. The molecule has 12 aromatic rings. The van der Waals surface area contributed by atoms with Gasteiger partial charge in [-0.2, -0.15) is 0 Å². The van der Waals surface area contributed by atoms with E-state index in [4.69, 9.17) is 29.9 Å². The Morgan fingerprint density at radius 3 is 1.31 bits per heavy atom. The fraction of sp³-hybridized carbons (Fsp3) is 0.121. The van der Waals surface area contributed by atoms with Crippen LogP contribution in [0.25, 0.3) is 117 Å². The van der Waals surface area contributed by atoms with Crippen molar-refractivity contribution < 1.29 is 20.1 Å². The second-order valence-corrected chi connectivity index (χ2v) is 20.7. The SMILES string of the molecule is CC(C)(C)c1c[c-]c(-c2ccc(-c3ccccc3-c3cc(-c4ccccc4-c4ccc(-c5[c-]cc(C(C)(C)C)nc5)nc4)cc(-c4ccccc4-c4cnc5c6[c-]cccc6n6ccnc6c5c4)c3)cn2)cn1.[Ir+3]. The number of hydrogen-bond acceptors (Lipinski definition) is 6. The minimum absolute atomic E-state index is 0. The van der Waals surface area contributed by atoms with E-state index in [-0.39, 0.29) is 30.9 Å². The van der Waals surface area contributed by atoms with Gasteiger partial charge < -0.3 is 29.3 Å². The first-order chi connectivity index (χ1) is 35.4. The zero-order valence-electron chi connectivity index (χ0n) is 41.9. The van der Waals surface area contributed by atoms with E-state index in [0.29, 0.717) is 0 Å². The first-order valence-corrected chi connectivity index (χ1v) is 24.6. The molecule has 0 saturated heterocycles. The van der Waals surface area contributed by atoms with Gasteiger partial charge in [0.2, 0.25) is 0 Å². The Kier molecular flexibility index (Phi) is 12.5. The molecule has 358 valence electrons. The number of nitrogens with zero attached hydrogens (tertiary/aromatic N) is 7. The van der Waals surface area contributed by atoms with E-state index < -0.39 is 0 Å². The molecule has 0 aliphatic heterocycles. The van der Waals surface area contributed by atoms with Crippen molar-refractivity contribution in [1.82, 2.24) is 34.3 Å². The predicted molar refractivity (Wildman–Crippen MR) is 297 cm³/mol. The van der Waals surface area contributed by atoms with Crippen LogP contribution in [0.15, 0.2) is 195 Å². The van der Waals surface area contributed by atoms with Crippen LogP contribution in [0, 0.1) is 18.2 Å². The minimum atomic E-state index is -0.0625. The molecule has 0 amide bonds. The van der Waals surface area contributed by atoms with E-state index in [9.17, 15) is 0 Å². The van der Waals surface area contributed by atoms with Gasteiger partial charge >= 0.3 is 20.1 Å². The summed E-state index contributed by atoms with van der Waals surface area (Å²) in [7, 11) is 0. The molecule has 7 aromatic heterocycles. The maximum atomic E-state index is 5.14. The topological polar surface area (TPSA) is 81.8 Å². The Balaban J connectivity index is 0.00000588. The van der Waals surface area contributed by atoms with Crippen LogP contribution in [-0.4, -0.2) is 34.3 Å². The molecule has 0 N–H and O–H groups in total. The van der Waals surface area contributed by atoms with E-state index >= 15 is 0 Å². The van der Waals surface area contributed by atoms with Crippen molar-refractivity contribution in [3.05, 3.63) is 225 Å². The fourth-order valence-electron chi connectivity index (χ4n) is 9.79. The molecule has 12 rings (SSSR count). The molecular formula is C66H50IrN7. The summed E-state index contributed by atoms with van der Waals surface area (Å²) in [5, 5.41) is 1.93. The number of imidazole rings is 1. The molecule has 5 aromatic carbocycles.